The van der Waals surface area contributed by atoms with E-state index >= 15 is 0 Å². The van der Waals surface area contributed by atoms with Crippen LogP contribution in [0.2, 0.25) is 0 Å². The molecule has 1 aliphatic rings. The van der Waals surface area contributed by atoms with E-state index in [1.165, 1.54) is 27.6 Å². The van der Waals surface area contributed by atoms with Gasteiger partial charge in [0.25, 0.3) is 0 Å². The molecule has 0 radical (unpaired) electrons. The topological polar surface area (TPSA) is 94.7 Å². The summed E-state index contributed by atoms with van der Waals surface area (Å²) in [4.78, 5) is 15.3. The zero-order chi connectivity index (χ0) is 23.1. The lowest BCUT2D eigenvalue weighted by atomic mass is 10.1. The Morgan fingerprint density at radius 2 is 2.00 bits per heavy atom. The summed E-state index contributed by atoms with van der Waals surface area (Å²) in [5.41, 5.74) is 6.75. The van der Waals surface area contributed by atoms with E-state index in [1.807, 2.05) is 12.1 Å². The zero-order valence-electron chi connectivity index (χ0n) is 19.4. The number of rotatable bonds is 7. The molecule has 3 aromatic heterocycles. The van der Waals surface area contributed by atoms with Crippen LogP contribution >= 0.6 is 0 Å². The molecule has 5 aromatic rings. The number of benzene rings is 2. The molecule has 6 rings (SSSR count). The van der Waals surface area contributed by atoms with Gasteiger partial charge in [0.05, 0.1) is 18.2 Å². The Morgan fingerprint density at radius 1 is 1.12 bits per heavy atom. The number of nitrogens with zero attached hydrogens (tertiary/aromatic N) is 4. The molecule has 0 unspecified atom stereocenters. The fourth-order valence-electron chi connectivity index (χ4n) is 4.72. The van der Waals surface area contributed by atoms with Gasteiger partial charge in [0.15, 0.2) is 5.65 Å². The van der Waals surface area contributed by atoms with Crippen LogP contribution in [0.25, 0.3) is 21.9 Å². The molecule has 34 heavy (non-hydrogen) atoms. The molecule has 0 atom stereocenters. The van der Waals surface area contributed by atoms with Gasteiger partial charge in [-0.3, -0.25) is 5.10 Å². The molecule has 0 bridgehead atoms. The summed E-state index contributed by atoms with van der Waals surface area (Å²) in [6, 6.07) is 14.7. The molecule has 0 spiro atoms. The highest BCUT2D eigenvalue weighted by molar-refractivity contribution is 5.91. The van der Waals surface area contributed by atoms with Gasteiger partial charge >= 0.3 is 0 Å². The maximum absolute atomic E-state index is 5.29. The molecule has 3 N–H and O–H groups in total. The monoisotopic (exact) mass is 453 g/mol. The van der Waals surface area contributed by atoms with Gasteiger partial charge in [0, 0.05) is 43.2 Å². The average molecular weight is 454 g/mol. The highest BCUT2D eigenvalue weighted by Gasteiger charge is 2.24. The quantitative estimate of drug-likeness (QED) is 0.339. The second-order valence-electron chi connectivity index (χ2n) is 8.83. The number of hydrogen-bond acceptors (Lipinski definition) is 6. The van der Waals surface area contributed by atoms with Crippen LogP contribution in [0.3, 0.4) is 0 Å². The first kappa shape index (κ1) is 20.5. The SMILES string of the molecule is COc1ccc(CN2CCc3[nH]nc4nc(NCCc5c[nH]c6ccc(C)cc56)nc2c34)cc1. The Bertz CT molecular complexity index is 1470. The molecule has 0 aliphatic carbocycles. The molecular formula is C26H27N7O. The predicted octanol–water partition coefficient (Wildman–Crippen LogP) is 4.37. The Morgan fingerprint density at radius 3 is 2.85 bits per heavy atom. The van der Waals surface area contributed by atoms with Crippen molar-refractivity contribution in [2.24, 2.45) is 0 Å². The molecule has 2 aromatic carbocycles. The maximum atomic E-state index is 5.29. The van der Waals surface area contributed by atoms with Gasteiger partial charge in [-0.05, 0) is 48.7 Å². The highest BCUT2D eigenvalue weighted by atomic mass is 16.5. The van der Waals surface area contributed by atoms with Gasteiger partial charge in [-0.15, -0.1) is 0 Å². The number of hydrogen-bond donors (Lipinski definition) is 3. The molecule has 0 saturated carbocycles. The second kappa shape index (κ2) is 8.37. The van der Waals surface area contributed by atoms with Crippen molar-refractivity contribution >= 4 is 33.7 Å². The van der Waals surface area contributed by atoms with E-state index in [1.54, 1.807) is 7.11 Å². The minimum atomic E-state index is 0.609. The zero-order valence-corrected chi connectivity index (χ0v) is 19.4. The third-order valence-electron chi connectivity index (χ3n) is 6.53. The molecule has 172 valence electrons. The fraction of sp³-hybridized carbons (Fsp3) is 0.269. The fourth-order valence-corrected chi connectivity index (χ4v) is 4.72. The number of aryl methyl sites for hydroxylation is 1. The minimum absolute atomic E-state index is 0.609. The molecule has 8 heteroatoms. The summed E-state index contributed by atoms with van der Waals surface area (Å²) >= 11 is 0. The lowest BCUT2D eigenvalue weighted by Crippen LogP contribution is -2.29. The number of aromatic nitrogens is 5. The van der Waals surface area contributed by atoms with Crippen LogP contribution in [-0.4, -0.2) is 45.3 Å². The van der Waals surface area contributed by atoms with Crippen molar-refractivity contribution < 1.29 is 4.74 Å². The Kier molecular flexibility index (Phi) is 5.05. The van der Waals surface area contributed by atoms with Gasteiger partial charge in [-0.2, -0.15) is 15.1 Å². The third kappa shape index (κ3) is 3.71. The minimum Gasteiger partial charge on any atom is -0.497 e. The van der Waals surface area contributed by atoms with E-state index in [2.05, 4.69) is 73.8 Å². The number of methoxy groups -OCH3 is 1. The molecule has 1 aliphatic heterocycles. The van der Waals surface area contributed by atoms with Gasteiger partial charge < -0.3 is 19.9 Å². The molecular weight excluding hydrogens is 426 g/mol. The average Bonchev–Trinajstić information content (AvgIpc) is 3.46. The van der Waals surface area contributed by atoms with Crippen LogP contribution in [0.5, 0.6) is 5.75 Å². The van der Waals surface area contributed by atoms with E-state index in [0.29, 0.717) is 11.6 Å². The number of fused-ring (bicyclic) bond motifs is 1. The van der Waals surface area contributed by atoms with E-state index in [0.717, 1.165) is 55.1 Å². The standard InChI is InChI=1S/C26H27N7O/c1-16-3-8-21-20(13-16)18(14-28-21)9-11-27-26-29-24-23-22(31-32-24)10-12-33(25(23)30-26)15-17-4-6-19(34-2)7-5-17/h3-8,13-14,28H,9-12,15H2,1-2H3,(H2,27,29,30,31,32). The summed E-state index contributed by atoms with van der Waals surface area (Å²) in [5, 5.41) is 13.3. The predicted molar refractivity (Wildman–Crippen MR) is 135 cm³/mol. The van der Waals surface area contributed by atoms with Crippen LogP contribution in [0.4, 0.5) is 11.8 Å². The largest absolute Gasteiger partial charge is 0.497 e. The third-order valence-corrected chi connectivity index (χ3v) is 6.53. The van der Waals surface area contributed by atoms with Crippen molar-refractivity contribution in [3.8, 4) is 5.75 Å². The van der Waals surface area contributed by atoms with Crippen molar-refractivity contribution in [3.05, 3.63) is 71.0 Å². The first-order valence-electron chi connectivity index (χ1n) is 11.6. The van der Waals surface area contributed by atoms with Crippen molar-refractivity contribution in [2.75, 3.05) is 30.4 Å². The van der Waals surface area contributed by atoms with Gasteiger partial charge in [0.2, 0.25) is 5.95 Å². The summed E-state index contributed by atoms with van der Waals surface area (Å²) in [6.45, 7) is 4.51. The van der Waals surface area contributed by atoms with Crippen LogP contribution < -0.4 is 15.0 Å². The number of aromatic amines is 2. The smallest absolute Gasteiger partial charge is 0.226 e. The van der Waals surface area contributed by atoms with Gasteiger partial charge in [-0.25, -0.2) is 0 Å². The Labute approximate surface area is 197 Å². The van der Waals surface area contributed by atoms with E-state index in [9.17, 15) is 0 Å². The molecule has 0 amide bonds. The lowest BCUT2D eigenvalue weighted by molar-refractivity contribution is 0.414. The van der Waals surface area contributed by atoms with Crippen LogP contribution in [-0.2, 0) is 19.4 Å². The summed E-state index contributed by atoms with van der Waals surface area (Å²) < 4.78 is 5.29. The first-order valence-corrected chi connectivity index (χ1v) is 11.6. The van der Waals surface area contributed by atoms with Crippen molar-refractivity contribution in [1.82, 2.24) is 25.1 Å². The lowest BCUT2D eigenvalue weighted by Gasteiger charge is -2.28. The Hall–Kier alpha value is -4.07. The van der Waals surface area contributed by atoms with E-state index in [4.69, 9.17) is 9.72 Å². The van der Waals surface area contributed by atoms with Crippen molar-refractivity contribution in [3.63, 3.8) is 0 Å². The number of nitrogens with one attached hydrogen (secondary N) is 3. The first-order chi connectivity index (χ1) is 16.7. The molecule has 4 heterocycles. The van der Waals surface area contributed by atoms with Crippen LogP contribution in [0.15, 0.2) is 48.7 Å². The van der Waals surface area contributed by atoms with Gasteiger partial charge in [0.1, 0.15) is 11.6 Å². The van der Waals surface area contributed by atoms with Gasteiger partial charge in [-0.1, -0.05) is 23.8 Å². The number of ether oxygens (including phenoxy) is 1. The van der Waals surface area contributed by atoms with Crippen molar-refractivity contribution in [1.29, 1.82) is 0 Å². The van der Waals surface area contributed by atoms with Crippen molar-refractivity contribution in [2.45, 2.75) is 26.3 Å². The Balaban J connectivity index is 1.23. The van der Waals surface area contributed by atoms with E-state index < -0.39 is 0 Å². The summed E-state index contributed by atoms with van der Waals surface area (Å²) in [6.07, 6.45) is 3.87. The highest BCUT2D eigenvalue weighted by Crippen LogP contribution is 2.32. The number of H-pyrrole nitrogens is 2. The maximum Gasteiger partial charge on any atom is 0.226 e. The van der Waals surface area contributed by atoms with Crippen LogP contribution in [0.1, 0.15) is 22.4 Å². The number of anilines is 2. The molecule has 0 saturated heterocycles. The normalized spacial score (nSPS) is 13.1. The van der Waals surface area contributed by atoms with E-state index in [-0.39, 0.29) is 0 Å². The van der Waals surface area contributed by atoms with Crippen LogP contribution in [0, 0.1) is 6.92 Å². The second-order valence-corrected chi connectivity index (χ2v) is 8.83. The molecule has 8 nitrogen and oxygen atoms in total. The molecule has 0 fully saturated rings. The summed E-state index contributed by atoms with van der Waals surface area (Å²) in [5.74, 6) is 2.40. The summed E-state index contributed by atoms with van der Waals surface area (Å²) in [7, 11) is 1.69.